The average molecular weight is 514 g/mol. The van der Waals surface area contributed by atoms with Crippen LogP contribution in [0.2, 0.25) is 5.02 Å². The topological polar surface area (TPSA) is 60.9 Å². The van der Waals surface area contributed by atoms with E-state index in [0.717, 1.165) is 31.5 Å². The molecular weight excluding hydrogens is 488 g/mol. The minimum absolute atomic E-state index is 0.172. The minimum atomic E-state index is -3.54. The number of aliphatic hydroxyl groups is 1. The molecule has 2 aromatic rings. The zero-order chi connectivity index (χ0) is 21.4. The van der Waals surface area contributed by atoms with Gasteiger partial charge in [-0.05, 0) is 71.4 Å². The standard InChI is InChI=1S/C22H26BrClN2O3S/c23-20-5-1-2-6-21(20)30(28,29)26-13-3-4-19(16-26)25-14-11-22(27,12-15-25)17-7-9-18(24)10-8-17/h1-2,5-10,19,27H,3-4,11-16H2/t19-/m1/s1. The third-order valence-corrected chi connectivity index (χ3v) is 9.47. The number of likely N-dealkylation sites (tertiary alicyclic amines) is 1. The molecule has 2 fully saturated rings. The molecule has 162 valence electrons. The van der Waals surface area contributed by atoms with E-state index in [-0.39, 0.29) is 6.04 Å². The second kappa shape index (κ2) is 8.88. The van der Waals surface area contributed by atoms with Crippen LogP contribution in [0.4, 0.5) is 0 Å². The highest BCUT2D eigenvalue weighted by atomic mass is 79.9. The Balaban J connectivity index is 1.43. The fourth-order valence-electron chi connectivity index (χ4n) is 4.54. The monoisotopic (exact) mass is 512 g/mol. The zero-order valence-corrected chi connectivity index (χ0v) is 19.8. The second-order valence-corrected chi connectivity index (χ2v) is 11.4. The smallest absolute Gasteiger partial charge is 0.244 e. The Morgan fingerprint density at radius 1 is 1.03 bits per heavy atom. The predicted octanol–water partition coefficient (Wildman–Crippen LogP) is 4.24. The van der Waals surface area contributed by atoms with Crippen molar-refractivity contribution in [2.75, 3.05) is 26.2 Å². The number of hydrogen-bond donors (Lipinski definition) is 1. The maximum atomic E-state index is 13.2. The van der Waals surface area contributed by atoms with Gasteiger partial charge in [-0.3, -0.25) is 4.90 Å². The van der Waals surface area contributed by atoms with E-state index in [0.29, 0.717) is 40.3 Å². The Hall–Kier alpha value is -0.960. The normalized spacial score (nSPS) is 23.4. The molecule has 5 nitrogen and oxygen atoms in total. The van der Waals surface area contributed by atoms with Gasteiger partial charge in [0.1, 0.15) is 0 Å². The summed E-state index contributed by atoms with van der Waals surface area (Å²) in [5.41, 5.74) is 0.0458. The molecule has 0 saturated carbocycles. The lowest BCUT2D eigenvalue weighted by atomic mass is 9.83. The molecule has 0 aromatic heterocycles. The predicted molar refractivity (Wildman–Crippen MR) is 122 cm³/mol. The molecule has 8 heteroatoms. The quantitative estimate of drug-likeness (QED) is 0.664. The van der Waals surface area contributed by atoms with Gasteiger partial charge in [-0.25, -0.2) is 8.42 Å². The van der Waals surface area contributed by atoms with E-state index in [1.165, 1.54) is 0 Å². The molecule has 2 aromatic carbocycles. The van der Waals surface area contributed by atoms with Crippen molar-refractivity contribution in [1.82, 2.24) is 9.21 Å². The molecule has 1 atom stereocenters. The highest BCUT2D eigenvalue weighted by Crippen LogP contribution is 2.35. The van der Waals surface area contributed by atoms with E-state index in [1.807, 2.05) is 30.3 Å². The van der Waals surface area contributed by atoms with Crippen LogP contribution in [0, 0.1) is 0 Å². The average Bonchev–Trinajstić information content (AvgIpc) is 2.75. The molecule has 0 bridgehead atoms. The van der Waals surface area contributed by atoms with Crippen LogP contribution < -0.4 is 0 Å². The molecule has 0 radical (unpaired) electrons. The summed E-state index contributed by atoms with van der Waals surface area (Å²) in [6, 6.07) is 14.6. The summed E-state index contributed by atoms with van der Waals surface area (Å²) in [6.45, 7) is 2.52. The van der Waals surface area contributed by atoms with Crippen LogP contribution in [0.3, 0.4) is 0 Å². The summed E-state index contributed by atoms with van der Waals surface area (Å²) >= 11 is 9.36. The SMILES string of the molecule is O=S(=O)(c1ccccc1Br)N1CCC[C@@H](N2CCC(O)(c3ccc(Cl)cc3)CC2)C1. The molecular formula is C22H26BrClN2O3S. The van der Waals surface area contributed by atoms with Crippen molar-refractivity contribution in [1.29, 1.82) is 0 Å². The maximum Gasteiger partial charge on any atom is 0.244 e. The molecule has 30 heavy (non-hydrogen) atoms. The Kier molecular flexibility index (Phi) is 6.59. The van der Waals surface area contributed by atoms with Crippen molar-refractivity contribution in [2.24, 2.45) is 0 Å². The highest BCUT2D eigenvalue weighted by molar-refractivity contribution is 9.10. The lowest BCUT2D eigenvalue weighted by Gasteiger charge is -2.44. The van der Waals surface area contributed by atoms with Gasteiger partial charge < -0.3 is 5.11 Å². The molecule has 4 rings (SSSR count). The lowest BCUT2D eigenvalue weighted by molar-refractivity contribution is -0.0404. The van der Waals surface area contributed by atoms with E-state index in [1.54, 1.807) is 22.5 Å². The highest BCUT2D eigenvalue weighted by Gasteiger charge is 2.39. The molecule has 1 N–H and O–H groups in total. The van der Waals surface area contributed by atoms with Crippen molar-refractivity contribution in [3.63, 3.8) is 0 Å². The summed E-state index contributed by atoms with van der Waals surface area (Å²) in [5, 5.41) is 11.8. The van der Waals surface area contributed by atoms with Gasteiger partial charge in [-0.2, -0.15) is 4.31 Å². The van der Waals surface area contributed by atoms with Crippen molar-refractivity contribution >= 4 is 37.6 Å². The van der Waals surface area contributed by atoms with E-state index < -0.39 is 15.6 Å². The van der Waals surface area contributed by atoms with Crippen LogP contribution in [0.1, 0.15) is 31.2 Å². The number of rotatable bonds is 4. The van der Waals surface area contributed by atoms with Crippen LogP contribution in [0.5, 0.6) is 0 Å². The molecule has 2 aliphatic heterocycles. The first-order valence-electron chi connectivity index (χ1n) is 10.3. The molecule has 2 saturated heterocycles. The van der Waals surface area contributed by atoms with E-state index in [4.69, 9.17) is 11.6 Å². The fourth-order valence-corrected chi connectivity index (χ4v) is 7.14. The Morgan fingerprint density at radius 3 is 2.37 bits per heavy atom. The van der Waals surface area contributed by atoms with Gasteiger partial charge in [0.25, 0.3) is 0 Å². The van der Waals surface area contributed by atoms with Crippen LogP contribution in [0.15, 0.2) is 57.9 Å². The molecule has 2 heterocycles. The molecule has 0 aliphatic carbocycles. The summed E-state index contributed by atoms with van der Waals surface area (Å²) in [4.78, 5) is 2.66. The molecule has 0 spiro atoms. The number of sulfonamides is 1. The summed E-state index contributed by atoms with van der Waals surface area (Å²) in [5.74, 6) is 0. The lowest BCUT2D eigenvalue weighted by Crippen LogP contribution is -2.53. The second-order valence-electron chi connectivity index (χ2n) is 8.16. The number of piperidine rings is 2. The van der Waals surface area contributed by atoms with E-state index >= 15 is 0 Å². The van der Waals surface area contributed by atoms with Crippen LogP contribution in [-0.4, -0.2) is 55.0 Å². The van der Waals surface area contributed by atoms with Gasteiger partial charge in [-0.1, -0.05) is 35.9 Å². The molecule has 2 aliphatic rings. The third kappa shape index (κ3) is 4.47. The van der Waals surface area contributed by atoms with Crippen molar-refractivity contribution in [3.8, 4) is 0 Å². The van der Waals surface area contributed by atoms with Crippen molar-refractivity contribution in [2.45, 2.75) is 42.2 Å². The number of nitrogens with zero attached hydrogens (tertiary/aromatic N) is 2. The van der Waals surface area contributed by atoms with E-state index in [9.17, 15) is 13.5 Å². The van der Waals surface area contributed by atoms with Gasteiger partial charge >= 0.3 is 0 Å². The first-order valence-corrected chi connectivity index (χ1v) is 12.9. The summed E-state index contributed by atoms with van der Waals surface area (Å²) < 4.78 is 28.6. The summed E-state index contributed by atoms with van der Waals surface area (Å²) in [6.07, 6.45) is 3.07. The number of halogens is 2. The first kappa shape index (κ1) is 22.2. The van der Waals surface area contributed by atoms with Crippen LogP contribution in [0.25, 0.3) is 0 Å². The Labute approximate surface area is 191 Å². The maximum absolute atomic E-state index is 13.2. The Bertz CT molecular complexity index is 992. The minimum Gasteiger partial charge on any atom is -0.385 e. The molecule has 0 unspecified atom stereocenters. The molecule has 0 amide bonds. The van der Waals surface area contributed by atoms with Crippen LogP contribution >= 0.6 is 27.5 Å². The van der Waals surface area contributed by atoms with E-state index in [2.05, 4.69) is 20.8 Å². The fraction of sp³-hybridized carbons (Fsp3) is 0.455. The van der Waals surface area contributed by atoms with Gasteiger partial charge in [0.05, 0.1) is 10.5 Å². The van der Waals surface area contributed by atoms with Crippen LogP contribution in [-0.2, 0) is 15.6 Å². The number of hydrogen-bond acceptors (Lipinski definition) is 4. The zero-order valence-electron chi connectivity index (χ0n) is 16.7. The van der Waals surface area contributed by atoms with Crippen molar-refractivity contribution in [3.05, 3.63) is 63.6 Å². The third-order valence-electron chi connectivity index (χ3n) is 6.34. The van der Waals surface area contributed by atoms with Gasteiger partial charge in [0, 0.05) is 41.7 Å². The van der Waals surface area contributed by atoms with Crippen molar-refractivity contribution < 1.29 is 13.5 Å². The van der Waals surface area contributed by atoms with Gasteiger partial charge in [0.15, 0.2) is 0 Å². The Morgan fingerprint density at radius 2 is 1.70 bits per heavy atom. The van der Waals surface area contributed by atoms with Gasteiger partial charge in [-0.15, -0.1) is 0 Å². The first-order chi connectivity index (χ1) is 14.3. The summed E-state index contributed by atoms with van der Waals surface area (Å²) in [7, 11) is -3.54. The number of benzene rings is 2. The largest absolute Gasteiger partial charge is 0.385 e. The van der Waals surface area contributed by atoms with Gasteiger partial charge in [0.2, 0.25) is 10.0 Å².